The van der Waals surface area contributed by atoms with Gasteiger partial charge in [-0.25, -0.2) is 16.8 Å². The molecule has 0 saturated carbocycles. The molecule has 0 radical (unpaired) electrons. The van der Waals surface area contributed by atoms with Crippen molar-refractivity contribution in [3.05, 3.63) is 84.3 Å². The fourth-order valence-corrected chi connectivity index (χ4v) is 4.28. The fraction of sp³-hybridized carbons (Fsp3) is 0.111. The maximum Gasteiger partial charge on any atom is 0.249 e. The lowest BCUT2D eigenvalue weighted by Crippen LogP contribution is -2.19. The minimum Gasteiger partial charge on any atom is -0.244 e. The zero-order chi connectivity index (χ0) is 16.6. The summed E-state index contributed by atoms with van der Waals surface area (Å²) >= 11 is 0. The third-order valence-electron chi connectivity index (χ3n) is 3.83. The van der Waals surface area contributed by atoms with Crippen molar-refractivity contribution < 1.29 is 12.8 Å². The Morgan fingerprint density at radius 1 is 1.13 bits per heavy atom. The Hall–Kier alpha value is -2.40. The van der Waals surface area contributed by atoms with Crippen LogP contribution < -0.4 is 0 Å². The number of halogens is 1. The summed E-state index contributed by atoms with van der Waals surface area (Å²) < 4.78 is 40.5. The van der Waals surface area contributed by atoms with Gasteiger partial charge < -0.3 is 0 Å². The molecule has 1 unspecified atom stereocenters. The van der Waals surface area contributed by atoms with Gasteiger partial charge in [-0.15, -0.1) is 6.58 Å². The van der Waals surface area contributed by atoms with Gasteiger partial charge in [0.2, 0.25) is 10.0 Å². The molecule has 1 aromatic heterocycles. The molecular formula is C18H16FNO2S. The number of rotatable bonds is 4. The van der Waals surface area contributed by atoms with Crippen LogP contribution >= 0.6 is 0 Å². The lowest BCUT2D eigenvalue weighted by atomic mass is 10.1. The molecule has 2 aromatic carbocycles. The van der Waals surface area contributed by atoms with Crippen LogP contribution in [0.3, 0.4) is 0 Å². The summed E-state index contributed by atoms with van der Waals surface area (Å²) in [5.74, 6) is -0.397. The molecule has 0 aliphatic heterocycles. The molecule has 1 heterocycles. The summed E-state index contributed by atoms with van der Waals surface area (Å²) in [6.07, 6.45) is 2.86. The summed E-state index contributed by atoms with van der Waals surface area (Å²) in [5, 5.41) is -0.330. The molecule has 5 heteroatoms. The molecule has 1 atom stereocenters. The van der Waals surface area contributed by atoms with E-state index < -0.39 is 21.1 Å². The Bertz CT molecular complexity index is 972. The highest BCUT2D eigenvalue weighted by molar-refractivity contribution is 7.90. The Labute approximate surface area is 134 Å². The monoisotopic (exact) mass is 329 g/mol. The minimum absolute atomic E-state index is 0.397. The van der Waals surface area contributed by atoms with Gasteiger partial charge in [0.05, 0.1) is 5.52 Å². The summed E-state index contributed by atoms with van der Waals surface area (Å²) in [6, 6.07) is 12.9. The number of hydrogen-bond acceptors (Lipinski definition) is 2. The van der Waals surface area contributed by atoms with Gasteiger partial charge in [0.25, 0.3) is 0 Å². The van der Waals surface area contributed by atoms with E-state index >= 15 is 0 Å². The van der Waals surface area contributed by atoms with E-state index in [1.54, 1.807) is 18.2 Å². The Morgan fingerprint density at radius 3 is 2.48 bits per heavy atom. The molecule has 0 saturated heterocycles. The maximum absolute atomic E-state index is 13.3. The zero-order valence-electron chi connectivity index (χ0n) is 12.6. The van der Waals surface area contributed by atoms with Crippen molar-refractivity contribution in [2.45, 2.75) is 12.2 Å². The van der Waals surface area contributed by atoms with Crippen LogP contribution in [0.2, 0.25) is 0 Å². The summed E-state index contributed by atoms with van der Waals surface area (Å²) in [6.45, 7) is 5.62. The molecule has 0 bridgehead atoms. The van der Waals surface area contributed by atoms with Crippen molar-refractivity contribution in [1.82, 2.24) is 3.97 Å². The summed E-state index contributed by atoms with van der Waals surface area (Å²) in [5.41, 5.74) is 2.15. The first-order valence-corrected chi connectivity index (χ1v) is 8.64. The number of aryl methyl sites for hydroxylation is 1. The zero-order valence-corrected chi connectivity index (χ0v) is 13.4. The van der Waals surface area contributed by atoms with Crippen molar-refractivity contribution >= 4 is 20.9 Å². The van der Waals surface area contributed by atoms with Gasteiger partial charge in [-0.2, -0.15) is 0 Å². The van der Waals surface area contributed by atoms with Crippen molar-refractivity contribution in [1.29, 1.82) is 0 Å². The fourth-order valence-electron chi connectivity index (χ4n) is 2.62. The van der Waals surface area contributed by atoms with Gasteiger partial charge in [-0.05, 0) is 36.8 Å². The van der Waals surface area contributed by atoms with Crippen LogP contribution in [0, 0.1) is 12.7 Å². The van der Waals surface area contributed by atoms with E-state index in [-0.39, 0.29) is 0 Å². The van der Waals surface area contributed by atoms with E-state index in [1.165, 1.54) is 34.4 Å². The average Bonchev–Trinajstić information content (AvgIpc) is 2.93. The highest BCUT2D eigenvalue weighted by Gasteiger charge is 2.27. The van der Waals surface area contributed by atoms with Crippen molar-refractivity contribution in [3.63, 3.8) is 0 Å². The largest absolute Gasteiger partial charge is 0.249 e. The van der Waals surface area contributed by atoms with Crippen molar-refractivity contribution in [2.24, 2.45) is 0 Å². The molecule has 0 aliphatic rings. The molecular weight excluding hydrogens is 313 g/mol. The van der Waals surface area contributed by atoms with E-state index in [2.05, 4.69) is 6.58 Å². The second-order valence-corrected chi connectivity index (χ2v) is 7.36. The SMILES string of the molecule is C=CC(c1ccc(C)cc1)S(=O)(=O)n1ccc2cc(F)ccc21. The first kappa shape index (κ1) is 15.5. The quantitative estimate of drug-likeness (QED) is 0.673. The van der Waals surface area contributed by atoms with Crippen molar-refractivity contribution in [2.75, 3.05) is 0 Å². The van der Waals surface area contributed by atoms with E-state index in [9.17, 15) is 12.8 Å². The van der Waals surface area contributed by atoms with E-state index in [1.807, 2.05) is 19.1 Å². The number of nitrogens with zero attached hydrogens (tertiary/aromatic N) is 1. The van der Waals surface area contributed by atoms with Gasteiger partial charge in [0.15, 0.2) is 0 Å². The average molecular weight is 329 g/mol. The van der Waals surface area contributed by atoms with Crippen LogP contribution in [0.5, 0.6) is 0 Å². The van der Waals surface area contributed by atoms with E-state index in [0.29, 0.717) is 16.5 Å². The molecule has 118 valence electrons. The Balaban J connectivity index is 2.14. The second-order valence-electron chi connectivity index (χ2n) is 5.43. The Kier molecular flexibility index (Phi) is 3.82. The predicted molar refractivity (Wildman–Crippen MR) is 90.3 cm³/mol. The first-order valence-electron chi connectivity index (χ1n) is 7.13. The third kappa shape index (κ3) is 2.68. The van der Waals surface area contributed by atoms with Crippen molar-refractivity contribution in [3.8, 4) is 0 Å². The number of fused-ring (bicyclic) bond motifs is 1. The third-order valence-corrected chi connectivity index (χ3v) is 5.80. The number of hydrogen-bond donors (Lipinski definition) is 0. The highest BCUT2D eigenvalue weighted by atomic mass is 32.2. The minimum atomic E-state index is -3.74. The Morgan fingerprint density at radius 2 is 1.83 bits per heavy atom. The highest BCUT2D eigenvalue weighted by Crippen LogP contribution is 2.29. The van der Waals surface area contributed by atoms with Crippen LogP contribution in [0.4, 0.5) is 4.39 Å². The number of aromatic nitrogens is 1. The lowest BCUT2D eigenvalue weighted by molar-refractivity contribution is 0.583. The topological polar surface area (TPSA) is 39.1 Å². The second kappa shape index (κ2) is 5.66. The lowest BCUT2D eigenvalue weighted by Gasteiger charge is -2.16. The van der Waals surface area contributed by atoms with E-state index in [4.69, 9.17) is 0 Å². The number of benzene rings is 2. The van der Waals surface area contributed by atoms with Gasteiger partial charge >= 0.3 is 0 Å². The molecule has 0 aliphatic carbocycles. The smallest absolute Gasteiger partial charge is 0.244 e. The van der Waals surface area contributed by atoms with Crippen LogP contribution in [-0.2, 0) is 10.0 Å². The standard InChI is InChI=1S/C18H16FNO2S/c1-3-18(14-6-4-13(2)5-7-14)23(21,22)20-11-10-15-12-16(19)8-9-17(15)20/h3-12,18H,1H2,2H3. The predicted octanol–water partition coefficient (Wildman–Crippen LogP) is 4.19. The molecule has 0 spiro atoms. The molecule has 23 heavy (non-hydrogen) atoms. The van der Waals surface area contributed by atoms with Gasteiger partial charge in [-0.1, -0.05) is 35.9 Å². The molecule has 3 rings (SSSR count). The van der Waals surface area contributed by atoms with E-state index in [0.717, 1.165) is 5.56 Å². The van der Waals surface area contributed by atoms with Crippen LogP contribution in [0.15, 0.2) is 67.4 Å². The molecule has 0 N–H and O–H groups in total. The first-order chi connectivity index (χ1) is 10.9. The van der Waals surface area contributed by atoms with Crippen LogP contribution in [0.25, 0.3) is 10.9 Å². The maximum atomic E-state index is 13.3. The van der Waals surface area contributed by atoms with Crippen LogP contribution in [-0.4, -0.2) is 12.4 Å². The normalized spacial score (nSPS) is 13.1. The van der Waals surface area contributed by atoms with Gasteiger partial charge in [0, 0.05) is 11.6 Å². The summed E-state index contributed by atoms with van der Waals surface area (Å²) in [7, 11) is -3.74. The molecule has 0 amide bonds. The molecule has 3 nitrogen and oxygen atoms in total. The van der Waals surface area contributed by atoms with Gasteiger partial charge in [0.1, 0.15) is 11.1 Å². The van der Waals surface area contributed by atoms with Gasteiger partial charge in [-0.3, -0.25) is 0 Å². The van der Waals surface area contributed by atoms with Crippen LogP contribution in [0.1, 0.15) is 16.4 Å². The summed E-state index contributed by atoms with van der Waals surface area (Å²) in [4.78, 5) is 0. The molecule has 3 aromatic rings. The molecule has 0 fully saturated rings.